The molecule has 4 heteroatoms. The molecule has 0 atom stereocenters. The van der Waals surface area contributed by atoms with Crippen LogP contribution in [0.1, 0.15) is 11.3 Å². The van der Waals surface area contributed by atoms with Crippen LogP contribution in [0, 0.1) is 6.92 Å². The topological polar surface area (TPSA) is 52.0 Å². The number of nitrogen functional groups attached to an aromatic ring is 1. The molecule has 0 aliphatic rings. The van der Waals surface area contributed by atoms with Crippen LogP contribution in [0.3, 0.4) is 0 Å². The van der Waals surface area contributed by atoms with E-state index in [0.29, 0.717) is 11.1 Å². The summed E-state index contributed by atoms with van der Waals surface area (Å²) in [5.41, 5.74) is 6.36. The lowest BCUT2D eigenvalue weighted by atomic mass is 10.3. The SMILES string of the molecule is Cc1onc(N)c1CBr. The van der Waals surface area contributed by atoms with Gasteiger partial charge in [-0.15, -0.1) is 0 Å². The predicted octanol–water partition coefficient (Wildman–Crippen LogP) is 1.46. The largest absolute Gasteiger partial charge is 0.381 e. The van der Waals surface area contributed by atoms with Crippen molar-refractivity contribution >= 4 is 21.7 Å². The van der Waals surface area contributed by atoms with Crippen molar-refractivity contribution in [3.63, 3.8) is 0 Å². The van der Waals surface area contributed by atoms with Crippen LogP contribution < -0.4 is 5.73 Å². The zero-order valence-corrected chi connectivity index (χ0v) is 6.60. The molecule has 0 aromatic carbocycles. The van der Waals surface area contributed by atoms with Crippen LogP contribution in [0.25, 0.3) is 0 Å². The van der Waals surface area contributed by atoms with Crippen molar-refractivity contribution in [2.45, 2.75) is 12.3 Å². The van der Waals surface area contributed by atoms with Gasteiger partial charge in [0.1, 0.15) is 5.76 Å². The van der Waals surface area contributed by atoms with Crippen LogP contribution in [0.5, 0.6) is 0 Å². The third kappa shape index (κ3) is 1.08. The van der Waals surface area contributed by atoms with E-state index in [0.717, 1.165) is 11.3 Å². The van der Waals surface area contributed by atoms with Crippen LogP contribution >= 0.6 is 15.9 Å². The maximum absolute atomic E-state index is 5.42. The van der Waals surface area contributed by atoms with Crippen molar-refractivity contribution < 1.29 is 4.52 Å². The normalized spacial score (nSPS) is 10.0. The molecule has 0 amide bonds. The first-order chi connectivity index (χ1) is 4.25. The van der Waals surface area contributed by atoms with Gasteiger partial charge in [-0.05, 0) is 6.92 Å². The summed E-state index contributed by atoms with van der Waals surface area (Å²) in [6.45, 7) is 1.83. The van der Waals surface area contributed by atoms with E-state index in [4.69, 9.17) is 10.3 Å². The maximum atomic E-state index is 5.42. The van der Waals surface area contributed by atoms with Crippen LogP contribution in [0.15, 0.2) is 4.52 Å². The molecule has 0 fully saturated rings. The Balaban J connectivity index is 3.07. The number of halogens is 1. The lowest BCUT2D eigenvalue weighted by Crippen LogP contribution is -1.88. The molecule has 0 aliphatic heterocycles. The van der Waals surface area contributed by atoms with Gasteiger partial charge in [0.05, 0.1) is 0 Å². The zero-order valence-electron chi connectivity index (χ0n) is 5.02. The summed E-state index contributed by atoms with van der Waals surface area (Å²) in [6, 6.07) is 0. The molecule has 1 rings (SSSR count). The van der Waals surface area contributed by atoms with Crippen LogP contribution in [0.2, 0.25) is 0 Å². The lowest BCUT2D eigenvalue weighted by molar-refractivity contribution is 0.399. The Morgan fingerprint density at radius 2 is 2.44 bits per heavy atom. The number of nitrogens with two attached hydrogens (primary N) is 1. The number of aromatic nitrogens is 1. The van der Waals surface area contributed by atoms with Crippen molar-refractivity contribution in [3.05, 3.63) is 11.3 Å². The molecule has 50 valence electrons. The minimum atomic E-state index is 0.476. The molecular weight excluding hydrogens is 184 g/mol. The molecule has 1 aromatic heterocycles. The summed E-state index contributed by atoms with van der Waals surface area (Å²) >= 11 is 3.26. The first-order valence-electron chi connectivity index (χ1n) is 2.52. The first-order valence-corrected chi connectivity index (χ1v) is 3.64. The Morgan fingerprint density at radius 1 is 1.78 bits per heavy atom. The van der Waals surface area contributed by atoms with Gasteiger partial charge in [-0.3, -0.25) is 0 Å². The zero-order chi connectivity index (χ0) is 6.85. The Hall–Kier alpha value is -0.510. The van der Waals surface area contributed by atoms with Gasteiger partial charge < -0.3 is 10.3 Å². The fraction of sp³-hybridized carbons (Fsp3) is 0.400. The van der Waals surface area contributed by atoms with Crippen LogP contribution in [-0.4, -0.2) is 5.16 Å². The second kappa shape index (κ2) is 2.39. The fourth-order valence-corrected chi connectivity index (χ4v) is 1.25. The number of aryl methyl sites for hydroxylation is 1. The van der Waals surface area contributed by atoms with E-state index >= 15 is 0 Å². The first kappa shape index (κ1) is 6.61. The molecule has 2 N–H and O–H groups in total. The van der Waals surface area contributed by atoms with Gasteiger partial charge >= 0.3 is 0 Å². The summed E-state index contributed by atoms with van der Waals surface area (Å²) in [6.07, 6.45) is 0. The van der Waals surface area contributed by atoms with E-state index in [-0.39, 0.29) is 0 Å². The molecule has 1 heterocycles. The molecule has 0 bridgehead atoms. The molecular formula is C5H7BrN2O. The minimum Gasteiger partial charge on any atom is -0.381 e. The second-order valence-electron chi connectivity index (χ2n) is 1.74. The number of alkyl halides is 1. The number of anilines is 1. The Kier molecular flexibility index (Phi) is 1.75. The maximum Gasteiger partial charge on any atom is 0.171 e. The van der Waals surface area contributed by atoms with Crippen molar-refractivity contribution in [2.75, 3.05) is 5.73 Å². The summed E-state index contributed by atoms with van der Waals surface area (Å²) in [5.74, 6) is 1.26. The molecule has 9 heavy (non-hydrogen) atoms. The van der Waals surface area contributed by atoms with E-state index < -0.39 is 0 Å². The van der Waals surface area contributed by atoms with Gasteiger partial charge in [0.15, 0.2) is 5.82 Å². The van der Waals surface area contributed by atoms with Crippen molar-refractivity contribution in [1.29, 1.82) is 0 Å². The van der Waals surface area contributed by atoms with E-state index in [1.54, 1.807) is 0 Å². The number of rotatable bonds is 1. The average Bonchev–Trinajstić information content (AvgIpc) is 2.12. The summed E-state index contributed by atoms with van der Waals surface area (Å²) in [4.78, 5) is 0. The molecule has 0 radical (unpaired) electrons. The average molecular weight is 191 g/mol. The van der Waals surface area contributed by atoms with Crippen molar-refractivity contribution in [1.82, 2.24) is 5.16 Å². The highest BCUT2D eigenvalue weighted by molar-refractivity contribution is 9.08. The number of hydrogen-bond donors (Lipinski definition) is 1. The summed E-state index contributed by atoms with van der Waals surface area (Å²) in [5, 5.41) is 4.26. The molecule has 0 spiro atoms. The quantitative estimate of drug-likeness (QED) is 0.683. The molecule has 0 unspecified atom stereocenters. The van der Waals surface area contributed by atoms with E-state index in [1.807, 2.05) is 6.92 Å². The highest BCUT2D eigenvalue weighted by atomic mass is 79.9. The van der Waals surface area contributed by atoms with Gasteiger partial charge in [0.2, 0.25) is 0 Å². The van der Waals surface area contributed by atoms with Crippen molar-refractivity contribution in [2.24, 2.45) is 0 Å². The second-order valence-corrected chi connectivity index (χ2v) is 2.30. The standard InChI is InChI=1S/C5H7BrN2O/c1-3-4(2-6)5(7)8-9-3/h2H2,1H3,(H2,7,8). The van der Waals surface area contributed by atoms with Gasteiger partial charge in [-0.2, -0.15) is 0 Å². The summed E-state index contributed by atoms with van der Waals surface area (Å²) < 4.78 is 4.78. The molecule has 0 saturated heterocycles. The Bertz CT molecular complexity index is 189. The van der Waals surface area contributed by atoms with E-state index in [1.165, 1.54) is 0 Å². The van der Waals surface area contributed by atoms with Crippen molar-refractivity contribution in [3.8, 4) is 0 Å². The summed E-state index contributed by atoms with van der Waals surface area (Å²) in [7, 11) is 0. The molecule has 3 nitrogen and oxygen atoms in total. The van der Waals surface area contributed by atoms with Crippen LogP contribution in [0.4, 0.5) is 5.82 Å². The minimum absolute atomic E-state index is 0.476. The smallest absolute Gasteiger partial charge is 0.171 e. The molecule has 1 aromatic rings. The predicted molar refractivity (Wildman–Crippen MR) is 38.3 cm³/mol. The van der Waals surface area contributed by atoms with Crippen LogP contribution in [-0.2, 0) is 5.33 Å². The Morgan fingerprint density at radius 3 is 2.67 bits per heavy atom. The van der Waals surface area contributed by atoms with Gasteiger partial charge in [0, 0.05) is 10.9 Å². The Labute approximate surface area is 61.3 Å². The monoisotopic (exact) mass is 190 g/mol. The highest BCUT2D eigenvalue weighted by Crippen LogP contribution is 2.17. The fourth-order valence-electron chi connectivity index (χ4n) is 0.571. The van der Waals surface area contributed by atoms with E-state index in [9.17, 15) is 0 Å². The van der Waals surface area contributed by atoms with Gasteiger partial charge in [0.25, 0.3) is 0 Å². The number of nitrogens with zero attached hydrogens (tertiary/aromatic N) is 1. The van der Waals surface area contributed by atoms with Gasteiger partial charge in [-0.1, -0.05) is 21.1 Å². The third-order valence-electron chi connectivity index (χ3n) is 1.15. The lowest BCUT2D eigenvalue weighted by Gasteiger charge is -1.86. The van der Waals surface area contributed by atoms with Gasteiger partial charge in [-0.25, -0.2) is 0 Å². The highest BCUT2D eigenvalue weighted by Gasteiger charge is 2.06. The van der Waals surface area contributed by atoms with E-state index in [2.05, 4.69) is 21.1 Å². The molecule has 0 saturated carbocycles. The molecule has 0 aliphatic carbocycles. The third-order valence-corrected chi connectivity index (χ3v) is 1.71. The number of hydrogen-bond acceptors (Lipinski definition) is 3.